The summed E-state index contributed by atoms with van der Waals surface area (Å²) >= 11 is 0. The van der Waals surface area contributed by atoms with Crippen LogP contribution in [0.2, 0.25) is 0 Å². The van der Waals surface area contributed by atoms with Crippen molar-refractivity contribution in [3.8, 4) is 0 Å². The van der Waals surface area contributed by atoms with Gasteiger partial charge in [-0.25, -0.2) is 0 Å². The molecule has 0 aliphatic rings. The molecule has 0 amide bonds. The summed E-state index contributed by atoms with van der Waals surface area (Å²) in [7, 11) is 0. The fourth-order valence-electron chi connectivity index (χ4n) is 7.23. The van der Waals surface area contributed by atoms with Crippen LogP contribution in [0.3, 0.4) is 0 Å². The first-order chi connectivity index (χ1) is 18.8. The van der Waals surface area contributed by atoms with E-state index in [0.717, 1.165) is 6.42 Å². The molecule has 0 heterocycles. The zero-order valence-corrected chi connectivity index (χ0v) is 33.0. The van der Waals surface area contributed by atoms with E-state index in [9.17, 15) is 0 Å². The second-order valence-corrected chi connectivity index (χ2v) is 20.8. The fourth-order valence-corrected chi connectivity index (χ4v) is 7.23. The van der Waals surface area contributed by atoms with Gasteiger partial charge in [-0.2, -0.15) is 0 Å². The standard InChI is InChI=1S/C43H72/c1-23-28(29-24-27(37(2,3)4)25-30(38(5,6)7)34(29)41(14,15)16)33-35(42(17,18)19)31(39(8,9)10)26-32(40(11,12)13)36(33)43(20,21)22/h24-26,28H,23H2,1-22H3. The smallest absolute Gasteiger partial charge is 0.00959 e. The van der Waals surface area contributed by atoms with Crippen LogP contribution in [0.5, 0.6) is 0 Å². The molecule has 0 nitrogen and oxygen atoms in total. The van der Waals surface area contributed by atoms with Crippen LogP contribution in [0.4, 0.5) is 0 Å². The molecule has 0 N–H and O–H groups in total. The lowest BCUT2D eigenvalue weighted by Crippen LogP contribution is -2.33. The minimum absolute atomic E-state index is 0.00181. The van der Waals surface area contributed by atoms with E-state index in [-0.39, 0.29) is 37.9 Å². The highest BCUT2D eigenvalue weighted by Gasteiger charge is 2.41. The van der Waals surface area contributed by atoms with Crippen molar-refractivity contribution in [3.63, 3.8) is 0 Å². The van der Waals surface area contributed by atoms with Crippen molar-refractivity contribution in [2.24, 2.45) is 0 Å². The summed E-state index contributed by atoms with van der Waals surface area (Å²) in [6, 6.07) is 7.80. The molecule has 43 heavy (non-hydrogen) atoms. The van der Waals surface area contributed by atoms with E-state index >= 15 is 0 Å². The van der Waals surface area contributed by atoms with Crippen molar-refractivity contribution >= 4 is 0 Å². The maximum atomic E-state index is 2.63. The molecule has 2 aromatic rings. The highest BCUT2D eigenvalue weighted by molar-refractivity contribution is 5.61. The first kappa shape index (κ1) is 37.6. The van der Waals surface area contributed by atoms with Crippen LogP contribution >= 0.6 is 0 Å². The van der Waals surface area contributed by atoms with Gasteiger partial charge in [0, 0.05) is 5.92 Å². The normalized spacial score (nSPS) is 15.2. The summed E-state index contributed by atoms with van der Waals surface area (Å²) in [6.07, 6.45) is 1.07. The second-order valence-electron chi connectivity index (χ2n) is 20.8. The van der Waals surface area contributed by atoms with Gasteiger partial charge in [0.15, 0.2) is 0 Å². The van der Waals surface area contributed by atoms with E-state index in [4.69, 9.17) is 0 Å². The molecule has 244 valence electrons. The van der Waals surface area contributed by atoms with Crippen LogP contribution in [-0.4, -0.2) is 0 Å². The third-order valence-corrected chi connectivity index (χ3v) is 9.21. The van der Waals surface area contributed by atoms with Crippen LogP contribution in [0.15, 0.2) is 18.2 Å². The Morgan fingerprint density at radius 3 is 0.977 bits per heavy atom. The van der Waals surface area contributed by atoms with Crippen LogP contribution in [0.25, 0.3) is 0 Å². The van der Waals surface area contributed by atoms with Gasteiger partial charge in [0.1, 0.15) is 0 Å². The van der Waals surface area contributed by atoms with Crippen LogP contribution in [0.1, 0.15) is 215 Å². The Bertz CT molecular complexity index is 1240. The first-order valence-corrected chi connectivity index (χ1v) is 17.2. The number of benzene rings is 2. The van der Waals surface area contributed by atoms with Crippen molar-refractivity contribution in [2.45, 2.75) is 203 Å². The van der Waals surface area contributed by atoms with Gasteiger partial charge in [-0.3, -0.25) is 0 Å². The average Bonchev–Trinajstić information content (AvgIpc) is 2.73. The van der Waals surface area contributed by atoms with Crippen molar-refractivity contribution < 1.29 is 0 Å². The molecular formula is C43H72. The molecule has 0 spiro atoms. The number of hydrogen-bond donors (Lipinski definition) is 0. The van der Waals surface area contributed by atoms with Gasteiger partial charge in [0.25, 0.3) is 0 Å². The lowest BCUT2D eigenvalue weighted by molar-refractivity contribution is 0.480. The molecule has 0 fully saturated rings. The quantitative estimate of drug-likeness (QED) is 0.334. The lowest BCUT2D eigenvalue weighted by atomic mass is 9.60. The minimum atomic E-state index is -0.00181. The fraction of sp³-hybridized carbons (Fsp3) is 0.721. The zero-order valence-electron chi connectivity index (χ0n) is 33.0. The van der Waals surface area contributed by atoms with E-state index in [0.29, 0.717) is 5.92 Å². The number of rotatable bonds is 3. The van der Waals surface area contributed by atoms with E-state index < -0.39 is 0 Å². The van der Waals surface area contributed by atoms with Crippen molar-refractivity contribution in [1.29, 1.82) is 0 Å². The van der Waals surface area contributed by atoms with Crippen molar-refractivity contribution in [3.05, 3.63) is 68.3 Å². The maximum Gasteiger partial charge on any atom is 0.00959 e. The van der Waals surface area contributed by atoms with Gasteiger partial charge < -0.3 is 0 Å². The largest absolute Gasteiger partial charge is 0.0645 e. The Labute approximate surface area is 270 Å². The van der Waals surface area contributed by atoms with Gasteiger partial charge in [0.05, 0.1) is 0 Å². The van der Waals surface area contributed by atoms with E-state index in [1.165, 1.54) is 22.3 Å². The molecule has 0 saturated heterocycles. The van der Waals surface area contributed by atoms with Crippen molar-refractivity contribution in [1.82, 2.24) is 0 Å². The Morgan fingerprint density at radius 2 is 0.721 bits per heavy atom. The third kappa shape index (κ3) is 8.00. The third-order valence-electron chi connectivity index (χ3n) is 9.21. The molecular weight excluding hydrogens is 516 g/mol. The van der Waals surface area contributed by atoms with Gasteiger partial charge in [-0.05, 0) is 94.4 Å². The molecule has 1 atom stereocenters. The van der Waals surface area contributed by atoms with Crippen LogP contribution in [0, 0.1) is 0 Å². The Balaban J connectivity index is 3.55. The van der Waals surface area contributed by atoms with Gasteiger partial charge in [0.2, 0.25) is 0 Å². The molecule has 1 unspecified atom stereocenters. The summed E-state index contributed by atoms with van der Waals surface area (Å²) < 4.78 is 0. The zero-order chi connectivity index (χ0) is 34.1. The van der Waals surface area contributed by atoms with Crippen LogP contribution < -0.4 is 0 Å². The molecule has 0 bridgehead atoms. The van der Waals surface area contributed by atoms with Crippen LogP contribution in [-0.2, 0) is 37.9 Å². The second kappa shape index (κ2) is 11.4. The summed E-state index contributed by atoms with van der Waals surface area (Å²) in [5.74, 6) is 0.296. The van der Waals surface area contributed by atoms with Crippen molar-refractivity contribution in [2.75, 3.05) is 0 Å². The summed E-state index contributed by atoms with van der Waals surface area (Å²) in [4.78, 5) is 0. The SMILES string of the molecule is CCC(c1cc(C(C)(C)C)cc(C(C)(C)C)c1C(C)(C)C)c1c(C(C)(C)C)c(C(C)(C)C)cc(C(C)(C)C)c1C(C)(C)C. The molecule has 0 aliphatic heterocycles. The van der Waals surface area contributed by atoms with E-state index in [1.54, 1.807) is 27.8 Å². The highest BCUT2D eigenvalue weighted by Crippen LogP contribution is 2.52. The molecule has 0 radical (unpaired) electrons. The Kier molecular flexibility index (Phi) is 9.93. The Hall–Kier alpha value is -1.56. The molecule has 0 aromatic heterocycles. The van der Waals surface area contributed by atoms with Gasteiger partial charge >= 0.3 is 0 Å². The highest BCUT2D eigenvalue weighted by atomic mass is 14.4. The predicted octanol–water partition coefficient (Wildman–Crippen LogP) is 13.3. The topological polar surface area (TPSA) is 0 Å². The minimum Gasteiger partial charge on any atom is -0.0645 e. The Morgan fingerprint density at radius 1 is 0.395 bits per heavy atom. The van der Waals surface area contributed by atoms with Gasteiger partial charge in [-0.1, -0.05) is 171 Å². The van der Waals surface area contributed by atoms with E-state index in [2.05, 4.69) is 171 Å². The summed E-state index contributed by atoms with van der Waals surface area (Å²) in [6.45, 7) is 53.4. The average molecular weight is 589 g/mol. The molecule has 0 saturated carbocycles. The first-order valence-electron chi connectivity index (χ1n) is 17.2. The molecule has 0 heteroatoms. The number of hydrogen-bond acceptors (Lipinski definition) is 0. The maximum absolute atomic E-state index is 2.63. The lowest BCUT2D eigenvalue weighted by Gasteiger charge is -2.44. The predicted molar refractivity (Wildman–Crippen MR) is 196 cm³/mol. The molecule has 0 aliphatic carbocycles. The van der Waals surface area contributed by atoms with E-state index in [1.807, 2.05) is 0 Å². The summed E-state index contributed by atoms with van der Waals surface area (Å²) in [5, 5.41) is 0. The van der Waals surface area contributed by atoms with Gasteiger partial charge in [-0.15, -0.1) is 0 Å². The molecule has 2 rings (SSSR count). The molecule has 2 aromatic carbocycles. The monoisotopic (exact) mass is 589 g/mol. The summed E-state index contributed by atoms with van der Waals surface area (Å²) in [5.41, 5.74) is 14.0.